The lowest BCUT2D eigenvalue weighted by molar-refractivity contribution is -0.119. The number of benzene rings is 6. The molecule has 10 aromatic rings. The molecular formula is C67H63Cl2N11O16P2. The van der Waals surface area contributed by atoms with E-state index >= 15 is 9.13 Å². The summed E-state index contributed by atoms with van der Waals surface area (Å²) in [5.41, 5.74) is 0.588. The van der Waals surface area contributed by atoms with E-state index in [1.165, 1.54) is 76.6 Å². The van der Waals surface area contributed by atoms with Crippen LogP contribution in [0.25, 0.3) is 22.3 Å². The van der Waals surface area contributed by atoms with Gasteiger partial charge in [0.2, 0.25) is 11.9 Å². The van der Waals surface area contributed by atoms with Crippen molar-refractivity contribution in [3.8, 4) is 29.1 Å². The normalized spacial score (nSPS) is 19.0. The molecule has 31 heteroatoms. The summed E-state index contributed by atoms with van der Waals surface area (Å²) in [6, 6.07) is 46.4. The number of carbonyl (C=O) groups is 2. The van der Waals surface area contributed by atoms with E-state index in [2.05, 4.69) is 40.5 Å². The van der Waals surface area contributed by atoms with Crippen LogP contribution in [0.15, 0.2) is 182 Å². The first kappa shape index (κ1) is 68.5. The molecule has 2 aliphatic rings. The first-order valence-electron chi connectivity index (χ1n) is 30.7. The van der Waals surface area contributed by atoms with E-state index < -0.39 is 94.6 Å². The number of nitriles is 1. The van der Waals surface area contributed by atoms with Crippen molar-refractivity contribution < 1.29 is 69.5 Å². The molecule has 0 bridgehead atoms. The van der Waals surface area contributed by atoms with Crippen LogP contribution in [-0.2, 0) is 51.8 Å². The summed E-state index contributed by atoms with van der Waals surface area (Å²) in [4.78, 5) is 65.0. The van der Waals surface area contributed by atoms with Gasteiger partial charge in [0.1, 0.15) is 71.8 Å². The predicted octanol–water partition coefficient (Wildman–Crippen LogP) is 12.8. The minimum absolute atomic E-state index is 0.0169. The highest BCUT2D eigenvalue weighted by atomic mass is 35.5. The lowest BCUT2D eigenvalue weighted by atomic mass is 9.80. The Balaban J connectivity index is 0.929. The highest BCUT2D eigenvalue weighted by Crippen LogP contribution is 2.57. The molecule has 3 N–H and O–H groups in total. The standard InChI is InChI=1S/C67H63Cl2N11O16P2/c1-41(2)63(81)77-66-76-62-59(65(83)78-66)74-40-80(62)57-34-52(54(91-57)36-88-67(43-14-9-6-10-15-43,44-16-24-48(86-3)25-17-44)45-18-26-49(87-4)27-19-45)96-98(85,94-51-30-22-47(69)23-31-51)90-37-55-53(95-97(84,89-33-11-32-70)93-50-28-20-46(68)21-29-50)35-56(92-55)79-39-73-58-60(71-38-72-61(58)79)75-64(82)42-12-7-5-8-13-42/h5-10,12-31,38-41,52-57H,11,33-37H2,1-4H3,(H,71,72,75,82)(H2,76,77,78,81,83). The van der Waals surface area contributed by atoms with Crippen LogP contribution in [0.2, 0.25) is 10.0 Å². The number of anilines is 2. The Bertz CT molecular complexity index is 4600. The van der Waals surface area contributed by atoms with Crippen LogP contribution in [-0.4, -0.2) is 109 Å². The van der Waals surface area contributed by atoms with Gasteiger partial charge >= 0.3 is 15.6 Å². The number of methoxy groups -OCH3 is 2. The molecular weight excluding hydrogens is 1350 g/mol. The van der Waals surface area contributed by atoms with E-state index in [0.717, 1.165) is 0 Å². The third-order valence-corrected chi connectivity index (χ3v) is 19.3. The van der Waals surface area contributed by atoms with Crippen molar-refractivity contribution in [2.75, 3.05) is 44.7 Å². The van der Waals surface area contributed by atoms with Gasteiger partial charge in [-0.05, 0) is 102 Å². The molecule has 12 rings (SSSR count). The Morgan fingerprint density at radius 2 is 1.16 bits per heavy atom. The molecule has 506 valence electrons. The zero-order valence-corrected chi connectivity index (χ0v) is 56.1. The number of ether oxygens (including phenoxy) is 5. The second-order valence-corrected chi connectivity index (χ2v) is 26.6. The summed E-state index contributed by atoms with van der Waals surface area (Å²) < 4.78 is 104. The molecule has 6 heterocycles. The van der Waals surface area contributed by atoms with Crippen LogP contribution in [0.1, 0.15) is 72.6 Å². The number of phosphoric acid groups is 2. The fourth-order valence-corrected chi connectivity index (χ4v) is 14.1. The molecule has 2 saturated heterocycles. The molecule has 2 aliphatic heterocycles. The number of imidazole rings is 2. The number of fused-ring (bicyclic) bond motifs is 2. The number of hydrogen-bond acceptors (Lipinski definition) is 22. The zero-order chi connectivity index (χ0) is 68.6. The molecule has 2 fully saturated rings. The number of rotatable bonds is 28. The fraction of sp³-hybridized carbons (Fsp3) is 0.269. The van der Waals surface area contributed by atoms with Gasteiger partial charge in [-0.2, -0.15) is 10.2 Å². The van der Waals surface area contributed by atoms with Crippen LogP contribution in [0.4, 0.5) is 11.8 Å². The van der Waals surface area contributed by atoms with Gasteiger partial charge in [0.25, 0.3) is 11.5 Å². The fourth-order valence-electron chi connectivity index (χ4n) is 11.0. The highest BCUT2D eigenvalue weighted by molar-refractivity contribution is 7.49. The zero-order valence-electron chi connectivity index (χ0n) is 52.8. The molecule has 0 saturated carbocycles. The molecule has 8 atom stereocenters. The number of aromatic amines is 1. The molecule has 0 aliphatic carbocycles. The van der Waals surface area contributed by atoms with Gasteiger partial charge in [-0.1, -0.05) is 110 Å². The van der Waals surface area contributed by atoms with Gasteiger partial charge in [0, 0.05) is 34.4 Å². The summed E-state index contributed by atoms with van der Waals surface area (Å²) >= 11 is 12.6. The number of halogens is 2. The number of phosphoric ester groups is 2. The Morgan fingerprint density at radius 1 is 0.653 bits per heavy atom. The summed E-state index contributed by atoms with van der Waals surface area (Å²) in [7, 11) is -6.76. The van der Waals surface area contributed by atoms with Gasteiger partial charge in [-0.25, -0.2) is 29.1 Å². The number of hydrogen-bond donors (Lipinski definition) is 3. The molecule has 27 nitrogen and oxygen atoms in total. The van der Waals surface area contributed by atoms with Crippen molar-refractivity contribution >= 4 is 84.8 Å². The Hall–Kier alpha value is -9.39. The van der Waals surface area contributed by atoms with Crippen molar-refractivity contribution in [3.05, 3.63) is 219 Å². The molecule has 8 unspecified atom stereocenters. The molecule has 4 aromatic heterocycles. The van der Waals surface area contributed by atoms with E-state index in [-0.39, 0.29) is 71.5 Å². The van der Waals surface area contributed by atoms with Crippen molar-refractivity contribution in [3.63, 3.8) is 0 Å². The van der Waals surface area contributed by atoms with E-state index in [1.807, 2.05) is 84.9 Å². The maximum atomic E-state index is 16.3. The highest BCUT2D eigenvalue weighted by Gasteiger charge is 2.50. The molecule has 98 heavy (non-hydrogen) atoms. The quantitative estimate of drug-likeness (QED) is 0.0233. The molecule has 6 aromatic carbocycles. The Morgan fingerprint density at radius 3 is 1.71 bits per heavy atom. The lowest BCUT2D eigenvalue weighted by Crippen LogP contribution is -2.38. The van der Waals surface area contributed by atoms with Gasteiger partial charge in [-0.3, -0.25) is 51.9 Å². The molecule has 0 spiro atoms. The van der Waals surface area contributed by atoms with Crippen molar-refractivity contribution in [1.29, 1.82) is 5.26 Å². The third kappa shape index (κ3) is 15.5. The van der Waals surface area contributed by atoms with Crippen LogP contribution in [0, 0.1) is 17.2 Å². The summed E-state index contributed by atoms with van der Waals surface area (Å²) in [6.07, 6.45) is -4.04. The number of H-pyrrole nitrogens is 1. The van der Waals surface area contributed by atoms with Gasteiger partial charge in [-0.15, -0.1) is 0 Å². The SMILES string of the molecule is COc1ccc(C(OCC2OC(n3cnc4c(=O)[nH]c(NC(=O)C(C)C)nc43)CC2OP(=O)(OCC2OC(n3cnc4c(NC(=O)c5ccccc5)ncnc43)CC2OP(=O)(OCCC#N)Oc2ccc(Cl)cc2)Oc2ccc(Cl)cc2)(c2ccccc2)c2ccc(OC)cc2)cc1. The molecule has 0 radical (unpaired) electrons. The maximum Gasteiger partial charge on any atom is 0.530 e. The molecule has 2 amide bonds. The van der Waals surface area contributed by atoms with Crippen molar-refractivity contribution in [2.24, 2.45) is 5.92 Å². The van der Waals surface area contributed by atoms with Crippen molar-refractivity contribution in [2.45, 2.75) is 75.6 Å². The minimum atomic E-state index is -5.11. The third-order valence-electron chi connectivity index (χ3n) is 15.9. The summed E-state index contributed by atoms with van der Waals surface area (Å²) in [5.74, 6) is -0.258. The Kier molecular flexibility index (Phi) is 21.1. The number of carbonyl (C=O) groups excluding carboxylic acids is 2. The average molecular weight is 1410 g/mol. The van der Waals surface area contributed by atoms with Crippen LogP contribution >= 0.6 is 38.8 Å². The van der Waals surface area contributed by atoms with Crippen molar-refractivity contribution in [1.82, 2.24) is 39.0 Å². The van der Waals surface area contributed by atoms with Crippen LogP contribution in [0.3, 0.4) is 0 Å². The smallest absolute Gasteiger partial charge is 0.497 e. The summed E-state index contributed by atoms with van der Waals surface area (Å²) in [6.45, 7) is 1.94. The first-order chi connectivity index (χ1) is 47.4. The van der Waals surface area contributed by atoms with E-state index in [1.54, 1.807) is 58.4 Å². The number of nitrogens with one attached hydrogen (secondary N) is 3. The van der Waals surface area contributed by atoms with Gasteiger partial charge in [0.15, 0.2) is 28.1 Å². The maximum absolute atomic E-state index is 16.3. The number of aromatic nitrogens is 8. The van der Waals surface area contributed by atoms with E-state index in [4.69, 9.17) is 74.0 Å². The largest absolute Gasteiger partial charge is 0.530 e. The number of amides is 2. The monoisotopic (exact) mass is 1410 g/mol. The minimum Gasteiger partial charge on any atom is -0.497 e. The second-order valence-electron chi connectivity index (χ2n) is 22.6. The van der Waals surface area contributed by atoms with Gasteiger partial charge in [0.05, 0.1) is 59.2 Å². The second kappa shape index (κ2) is 30.2. The Labute approximate surface area is 570 Å². The topological polar surface area (TPSA) is 325 Å². The van der Waals surface area contributed by atoms with Crippen LogP contribution in [0.5, 0.6) is 23.0 Å². The first-order valence-corrected chi connectivity index (χ1v) is 34.3. The van der Waals surface area contributed by atoms with Crippen LogP contribution < -0.4 is 34.7 Å². The lowest BCUT2D eigenvalue weighted by Gasteiger charge is -2.37. The predicted molar refractivity (Wildman–Crippen MR) is 358 cm³/mol. The van der Waals surface area contributed by atoms with Gasteiger partial charge < -0.3 is 38.0 Å². The van der Waals surface area contributed by atoms with E-state index in [9.17, 15) is 19.6 Å². The summed E-state index contributed by atoms with van der Waals surface area (Å²) in [5, 5.41) is 15.7. The van der Waals surface area contributed by atoms with E-state index in [0.29, 0.717) is 43.8 Å². The number of nitrogens with zero attached hydrogens (tertiary/aromatic N) is 8. The average Bonchev–Trinajstić information content (AvgIpc) is 1.01.